The van der Waals surface area contributed by atoms with Gasteiger partial charge >= 0.3 is 0 Å². The fraction of sp³-hybridized carbons (Fsp3) is 0.467. The first kappa shape index (κ1) is 12.9. The first-order valence-electron chi connectivity index (χ1n) is 6.77. The molecule has 0 aliphatic heterocycles. The number of benzene rings is 1. The highest BCUT2D eigenvalue weighted by atomic mass is 79.9. The summed E-state index contributed by atoms with van der Waals surface area (Å²) in [6, 6.07) is 9.12. The van der Waals surface area contributed by atoms with Crippen LogP contribution in [-0.4, -0.2) is 14.8 Å². The highest BCUT2D eigenvalue weighted by Gasteiger charge is 2.28. The minimum absolute atomic E-state index is 0.404. The van der Waals surface area contributed by atoms with Gasteiger partial charge in [-0.15, -0.1) is 10.2 Å². The van der Waals surface area contributed by atoms with Crippen LogP contribution in [0.2, 0.25) is 0 Å². The summed E-state index contributed by atoms with van der Waals surface area (Å²) in [7, 11) is 0. The van der Waals surface area contributed by atoms with Gasteiger partial charge in [-0.1, -0.05) is 40.2 Å². The van der Waals surface area contributed by atoms with Gasteiger partial charge in [-0.05, 0) is 37.8 Å². The van der Waals surface area contributed by atoms with E-state index in [2.05, 4.69) is 68.8 Å². The van der Waals surface area contributed by atoms with Crippen molar-refractivity contribution in [2.45, 2.75) is 44.0 Å². The topological polar surface area (TPSA) is 30.7 Å². The maximum Gasteiger partial charge on any atom is 0.143 e. The molecule has 0 radical (unpaired) electrons. The Morgan fingerprint density at radius 3 is 2.37 bits per heavy atom. The third-order valence-electron chi connectivity index (χ3n) is 3.84. The number of halogens is 1. The van der Waals surface area contributed by atoms with Crippen LogP contribution in [0.3, 0.4) is 0 Å². The number of rotatable bonds is 3. The molecule has 0 spiro atoms. The maximum absolute atomic E-state index is 4.46. The summed E-state index contributed by atoms with van der Waals surface area (Å²) in [5.74, 6) is 2.64. The second kappa shape index (κ2) is 5.08. The van der Waals surface area contributed by atoms with E-state index in [0.29, 0.717) is 12.0 Å². The molecular formula is C15H18BrN3. The molecule has 0 fully saturated rings. The quantitative estimate of drug-likeness (QED) is 0.809. The summed E-state index contributed by atoms with van der Waals surface area (Å²) in [6.07, 6.45) is 2.17. The van der Waals surface area contributed by atoms with Crippen LogP contribution >= 0.6 is 15.9 Å². The van der Waals surface area contributed by atoms with Crippen LogP contribution in [0.4, 0.5) is 0 Å². The molecule has 3 nitrogen and oxygen atoms in total. The molecule has 1 aromatic carbocycles. The van der Waals surface area contributed by atoms with Gasteiger partial charge in [-0.2, -0.15) is 0 Å². The zero-order valence-electron chi connectivity index (χ0n) is 11.3. The Balaban J connectivity index is 1.95. The minimum Gasteiger partial charge on any atom is -0.311 e. The van der Waals surface area contributed by atoms with E-state index in [1.807, 2.05) is 0 Å². The van der Waals surface area contributed by atoms with Crippen molar-refractivity contribution < 1.29 is 0 Å². The van der Waals surface area contributed by atoms with Gasteiger partial charge in [0.1, 0.15) is 11.6 Å². The first-order valence-corrected chi connectivity index (χ1v) is 7.89. The van der Waals surface area contributed by atoms with E-state index in [0.717, 1.165) is 29.8 Å². The summed E-state index contributed by atoms with van der Waals surface area (Å²) in [5, 5.41) is 9.55. The van der Waals surface area contributed by atoms with Gasteiger partial charge in [-0.3, -0.25) is 0 Å². The van der Waals surface area contributed by atoms with Crippen molar-refractivity contribution in [1.29, 1.82) is 0 Å². The standard InChI is InChI=1S/C15H18BrN3/c1-10(2)19-14(9-16)17-18-15(19)13-7-11-5-3-4-6-12(11)8-13/h3-6,10,13H,7-9H2,1-2H3. The molecule has 19 heavy (non-hydrogen) atoms. The number of fused-ring (bicyclic) bond motifs is 1. The van der Waals surface area contributed by atoms with E-state index in [9.17, 15) is 0 Å². The average Bonchev–Trinajstić information content (AvgIpc) is 3.01. The third kappa shape index (κ3) is 2.22. The molecule has 1 aromatic heterocycles. The van der Waals surface area contributed by atoms with Crippen LogP contribution in [0, 0.1) is 0 Å². The lowest BCUT2D eigenvalue weighted by Crippen LogP contribution is -2.13. The Morgan fingerprint density at radius 1 is 1.21 bits per heavy atom. The highest BCUT2D eigenvalue weighted by molar-refractivity contribution is 9.08. The molecule has 1 aliphatic rings. The maximum atomic E-state index is 4.46. The third-order valence-corrected chi connectivity index (χ3v) is 4.35. The van der Waals surface area contributed by atoms with Crippen molar-refractivity contribution in [3.05, 3.63) is 47.0 Å². The Hall–Kier alpha value is -1.16. The van der Waals surface area contributed by atoms with Crippen LogP contribution < -0.4 is 0 Å². The lowest BCUT2D eigenvalue weighted by Gasteiger charge is -2.16. The van der Waals surface area contributed by atoms with Crippen LogP contribution in [0.15, 0.2) is 24.3 Å². The molecule has 0 N–H and O–H groups in total. The van der Waals surface area contributed by atoms with Gasteiger partial charge in [0.05, 0.1) is 5.33 Å². The SMILES string of the molecule is CC(C)n1c(CBr)nnc1C1Cc2ccccc2C1. The minimum atomic E-state index is 0.404. The molecule has 1 aliphatic carbocycles. The molecule has 0 bridgehead atoms. The van der Waals surface area contributed by atoms with Gasteiger partial charge in [0.2, 0.25) is 0 Å². The number of alkyl halides is 1. The van der Waals surface area contributed by atoms with Gasteiger partial charge in [0.15, 0.2) is 0 Å². The largest absolute Gasteiger partial charge is 0.311 e. The van der Waals surface area contributed by atoms with Crippen molar-refractivity contribution >= 4 is 15.9 Å². The van der Waals surface area contributed by atoms with Crippen LogP contribution in [-0.2, 0) is 18.2 Å². The summed E-state index contributed by atoms with van der Waals surface area (Å²) >= 11 is 3.50. The van der Waals surface area contributed by atoms with E-state index in [1.165, 1.54) is 11.1 Å². The lowest BCUT2D eigenvalue weighted by atomic mass is 10.1. The molecule has 0 unspecified atom stereocenters. The molecule has 2 aromatic rings. The number of nitrogens with zero attached hydrogens (tertiary/aromatic N) is 3. The molecule has 0 saturated carbocycles. The predicted molar refractivity (Wildman–Crippen MR) is 79.6 cm³/mol. The fourth-order valence-corrected chi connectivity index (χ4v) is 3.39. The van der Waals surface area contributed by atoms with Crippen LogP contribution in [0.1, 0.15) is 48.6 Å². The van der Waals surface area contributed by atoms with E-state index in [-0.39, 0.29) is 0 Å². The van der Waals surface area contributed by atoms with E-state index in [4.69, 9.17) is 0 Å². The van der Waals surface area contributed by atoms with E-state index in [1.54, 1.807) is 0 Å². The molecular weight excluding hydrogens is 302 g/mol. The second-order valence-electron chi connectivity index (χ2n) is 5.45. The molecule has 3 rings (SSSR count). The van der Waals surface area contributed by atoms with Gasteiger partial charge in [-0.25, -0.2) is 0 Å². The van der Waals surface area contributed by atoms with E-state index < -0.39 is 0 Å². The van der Waals surface area contributed by atoms with Crippen LogP contribution in [0.5, 0.6) is 0 Å². The van der Waals surface area contributed by atoms with Gasteiger partial charge < -0.3 is 4.57 Å². The normalized spacial score (nSPS) is 15.2. The summed E-state index contributed by atoms with van der Waals surface area (Å²) in [5.41, 5.74) is 2.93. The average molecular weight is 320 g/mol. The Morgan fingerprint density at radius 2 is 1.84 bits per heavy atom. The molecule has 4 heteroatoms. The molecule has 100 valence electrons. The fourth-order valence-electron chi connectivity index (χ4n) is 3.01. The van der Waals surface area contributed by atoms with Crippen molar-refractivity contribution in [3.8, 4) is 0 Å². The number of hydrogen-bond donors (Lipinski definition) is 0. The Labute approximate surface area is 122 Å². The smallest absolute Gasteiger partial charge is 0.143 e. The van der Waals surface area contributed by atoms with Crippen molar-refractivity contribution in [2.75, 3.05) is 0 Å². The number of hydrogen-bond acceptors (Lipinski definition) is 2. The monoisotopic (exact) mass is 319 g/mol. The lowest BCUT2D eigenvalue weighted by molar-refractivity contribution is 0.521. The molecule has 1 heterocycles. The van der Waals surface area contributed by atoms with Crippen LogP contribution in [0.25, 0.3) is 0 Å². The van der Waals surface area contributed by atoms with Gasteiger partial charge in [0.25, 0.3) is 0 Å². The zero-order valence-corrected chi connectivity index (χ0v) is 12.9. The van der Waals surface area contributed by atoms with Crippen molar-refractivity contribution in [3.63, 3.8) is 0 Å². The predicted octanol–water partition coefficient (Wildman–Crippen LogP) is 3.64. The van der Waals surface area contributed by atoms with Crippen molar-refractivity contribution in [2.24, 2.45) is 0 Å². The zero-order chi connectivity index (χ0) is 13.4. The summed E-state index contributed by atoms with van der Waals surface area (Å²) < 4.78 is 2.28. The Bertz CT molecular complexity index is 564. The summed E-state index contributed by atoms with van der Waals surface area (Å²) in [6.45, 7) is 4.39. The molecule has 0 atom stereocenters. The molecule has 0 saturated heterocycles. The first-order chi connectivity index (χ1) is 9.20. The van der Waals surface area contributed by atoms with E-state index >= 15 is 0 Å². The summed E-state index contributed by atoms with van der Waals surface area (Å²) in [4.78, 5) is 0. The van der Waals surface area contributed by atoms with Gasteiger partial charge in [0, 0.05) is 12.0 Å². The van der Waals surface area contributed by atoms with Crippen molar-refractivity contribution in [1.82, 2.24) is 14.8 Å². The Kier molecular flexibility index (Phi) is 3.44. The number of aromatic nitrogens is 3. The second-order valence-corrected chi connectivity index (χ2v) is 6.01. The highest BCUT2D eigenvalue weighted by Crippen LogP contribution is 2.34. The molecule has 0 amide bonds.